The quantitative estimate of drug-likeness (QED) is 0.241. The van der Waals surface area contributed by atoms with Crippen molar-refractivity contribution in [2.75, 3.05) is 14.2 Å². The topological polar surface area (TPSA) is 266 Å². The second-order valence-corrected chi connectivity index (χ2v) is 11.0. The molecule has 0 aliphatic carbocycles. The fourth-order valence-corrected chi connectivity index (χ4v) is 4.25. The van der Waals surface area contributed by atoms with Crippen LogP contribution in [-0.2, 0) is 27.3 Å². The molecule has 0 aliphatic rings. The van der Waals surface area contributed by atoms with E-state index in [0.29, 0.717) is 14.2 Å². The van der Waals surface area contributed by atoms with Crippen LogP contribution in [0.2, 0.25) is 0 Å². The minimum atomic E-state index is -5.54. The maximum atomic E-state index is 10.3. The fraction of sp³-hybridized carbons (Fsp3) is 1.00. The molecule has 0 aromatic rings. The molecule has 14 nitrogen and oxygen atoms in total. The molecule has 0 spiro atoms. The molecular formula is C4H10Ca3O14P4. The molecule has 136 valence electrons. The average Bonchev–Trinajstić information content (AvgIpc) is 2.35. The van der Waals surface area contributed by atoms with Crippen molar-refractivity contribution in [2.45, 2.75) is 11.2 Å². The van der Waals surface area contributed by atoms with E-state index >= 15 is 0 Å². The molecule has 0 aromatic heterocycles. The Morgan fingerprint density at radius 2 is 0.800 bits per heavy atom. The Morgan fingerprint density at radius 1 is 0.640 bits per heavy atom. The summed E-state index contributed by atoms with van der Waals surface area (Å²) < 4.78 is 47.7. The summed E-state index contributed by atoms with van der Waals surface area (Å²) in [4.78, 5) is 60.3. The van der Waals surface area contributed by atoms with Crippen molar-refractivity contribution >= 4 is 144 Å². The first kappa shape index (κ1) is 39.7. The van der Waals surface area contributed by atoms with Crippen LogP contribution in [0.5, 0.6) is 0 Å². The Balaban J connectivity index is -0.0000000952. The van der Waals surface area contributed by atoms with Crippen LogP contribution in [0.1, 0.15) is 0 Å². The zero-order valence-electron chi connectivity index (χ0n) is 12.9. The second kappa shape index (κ2) is 16.0. The van der Waals surface area contributed by atoms with Crippen molar-refractivity contribution < 1.29 is 66.9 Å². The van der Waals surface area contributed by atoms with Gasteiger partial charge in [0.25, 0.3) is 0 Å². The number of aliphatic hydroxyl groups excluding tert-OH is 2. The van der Waals surface area contributed by atoms with Gasteiger partial charge < -0.3 is 66.9 Å². The van der Waals surface area contributed by atoms with Gasteiger partial charge in [-0.05, 0) is 15.2 Å². The summed E-state index contributed by atoms with van der Waals surface area (Å²) in [5.74, 6) is 0. The molecule has 2 N–H and O–H groups in total. The van der Waals surface area contributed by atoms with E-state index in [0.717, 1.165) is 0 Å². The monoisotopic (exact) mass is 526 g/mol. The van der Waals surface area contributed by atoms with Gasteiger partial charge >= 0.3 is 113 Å². The van der Waals surface area contributed by atoms with Crippen molar-refractivity contribution in [3.05, 3.63) is 0 Å². The van der Waals surface area contributed by atoms with Crippen molar-refractivity contribution in [1.29, 1.82) is 0 Å². The van der Waals surface area contributed by atoms with E-state index in [1.54, 1.807) is 0 Å². The summed E-state index contributed by atoms with van der Waals surface area (Å²) in [6, 6.07) is 0. The van der Waals surface area contributed by atoms with E-state index in [1.165, 1.54) is 0 Å². The molecule has 0 saturated carbocycles. The van der Waals surface area contributed by atoms with Gasteiger partial charge in [0.15, 0.2) is 15.2 Å². The summed E-state index contributed by atoms with van der Waals surface area (Å²) in [6.45, 7) is 0. The molecule has 0 aliphatic heterocycles. The molecule has 21 heteroatoms. The van der Waals surface area contributed by atoms with Crippen LogP contribution in [0.25, 0.3) is 0 Å². The van der Waals surface area contributed by atoms with E-state index in [2.05, 4.69) is 9.05 Å². The number of hydrogen-bond donors (Lipinski definition) is 2. The minimum absolute atomic E-state index is 0. The van der Waals surface area contributed by atoms with Gasteiger partial charge in [0.05, 0.1) is 0 Å². The Bertz CT molecular complexity index is 494. The van der Waals surface area contributed by atoms with E-state index in [1.807, 2.05) is 0 Å². The Kier molecular flexibility index (Phi) is 25.4. The van der Waals surface area contributed by atoms with Crippen LogP contribution < -0.4 is 29.4 Å². The third kappa shape index (κ3) is 16.6. The van der Waals surface area contributed by atoms with Gasteiger partial charge in [0, 0.05) is 14.2 Å². The summed E-state index contributed by atoms with van der Waals surface area (Å²) >= 11 is 0. The molecule has 0 fully saturated rings. The van der Waals surface area contributed by atoms with Crippen LogP contribution in [0, 0.1) is 0 Å². The summed E-state index contributed by atoms with van der Waals surface area (Å²) in [6.07, 6.45) is 0. The SMILES string of the molecule is COP(=O)([O-])C(O)P(=O)([O-])[O-].COP(=O)([O-])C(O)P(=O)([O-])[O-].[Ca+2].[Ca+2].[Ca+2]. The first-order valence-corrected chi connectivity index (χ1v) is 11.0. The second-order valence-electron chi connectivity index (χ2n) is 3.22. The van der Waals surface area contributed by atoms with Crippen LogP contribution in [0.4, 0.5) is 0 Å². The van der Waals surface area contributed by atoms with Gasteiger partial charge in [0.1, 0.15) is 11.2 Å². The van der Waals surface area contributed by atoms with Gasteiger partial charge in [0.2, 0.25) is 0 Å². The Hall–Kier alpha value is 4.30. The minimum Gasteiger partial charge on any atom is -0.809 e. The van der Waals surface area contributed by atoms with Crippen LogP contribution in [0.15, 0.2) is 0 Å². The molecule has 4 atom stereocenters. The van der Waals surface area contributed by atoms with Crippen molar-refractivity contribution in [1.82, 2.24) is 0 Å². The predicted molar refractivity (Wildman–Crippen MR) is 73.7 cm³/mol. The zero-order chi connectivity index (χ0) is 18.6. The molecule has 4 unspecified atom stereocenters. The van der Waals surface area contributed by atoms with Crippen molar-refractivity contribution in [2.24, 2.45) is 0 Å². The molecule has 0 aromatic carbocycles. The number of aliphatic hydroxyl groups is 2. The smallest absolute Gasteiger partial charge is 0.809 e. The molecular weight excluding hydrogens is 516 g/mol. The van der Waals surface area contributed by atoms with Gasteiger partial charge in [-0.2, -0.15) is 0 Å². The summed E-state index contributed by atoms with van der Waals surface area (Å²) in [7, 11) is -19.7. The molecule has 25 heavy (non-hydrogen) atoms. The standard InChI is InChI=1S/2C2H8O7P2.3Ca/c2*1-9-11(7,8)2(3)10(4,5)6;;;/h2*2-3H,1H3,(H,7,8)(H2,4,5,6);;;/q;;3*+2/p-6. The van der Waals surface area contributed by atoms with Gasteiger partial charge in [-0.1, -0.05) is 0 Å². The number of rotatable bonds is 6. The van der Waals surface area contributed by atoms with Crippen LogP contribution in [0.3, 0.4) is 0 Å². The van der Waals surface area contributed by atoms with E-state index in [-0.39, 0.29) is 113 Å². The van der Waals surface area contributed by atoms with Crippen LogP contribution >= 0.6 is 30.4 Å². The van der Waals surface area contributed by atoms with Gasteiger partial charge in [-0.15, -0.1) is 0 Å². The van der Waals surface area contributed by atoms with Crippen molar-refractivity contribution in [3.63, 3.8) is 0 Å². The maximum absolute atomic E-state index is 10.3. The van der Waals surface area contributed by atoms with E-state index in [4.69, 9.17) is 10.2 Å². The average molecular weight is 526 g/mol. The Labute approximate surface area is 232 Å². The maximum Gasteiger partial charge on any atom is 2.00 e. The Morgan fingerprint density at radius 3 is 0.840 bits per heavy atom. The zero-order valence-corrected chi connectivity index (χ0v) is 23.1. The first-order chi connectivity index (χ1) is 9.43. The predicted octanol–water partition coefficient (Wildman–Crippen LogP) is -6.39. The van der Waals surface area contributed by atoms with Gasteiger partial charge in [-0.25, -0.2) is 0 Å². The molecule has 0 radical (unpaired) electrons. The van der Waals surface area contributed by atoms with Gasteiger partial charge in [-0.3, -0.25) is 0 Å². The third-order valence-corrected chi connectivity index (χ3v) is 8.32. The van der Waals surface area contributed by atoms with E-state index < -0.39 is 41.6 Å². The molecule has 0 heterocycles. The number of hydrogen-bond acceptors (Lipinski definition) is 14. The van der Waals surface area contributed by atoms with E-state index in [9.17, 15) is 47.6 Å². The molecule has 0 amide bonds. The summed E-state index contributed by atoms with van der Waals surface area (Å²) in [5, 5.41) is 16.6. The molecule has 0 rings (SSSR count). The summed E-state index contributed by atoms with van der Waals surface area (Å²) in [5.41, 5.74) is -6.00. The fourth-order valence-electron chi connectivity index (χ4n) is 0.535. The third-order valence-electron chi connectivity index (χ3n) is 1.64. The van der Waals surface area contributed by atoms with Crippen molar-refractivity contribution in [3.8, 4) is 0 Å². The molecule has 0 saturated heterocycles. The largest absolute Gasteiger partial charge is 2.00 e. The normalized spacial score (nSPS) is 18.3. The first-order valence-electron chi connectivity index (χ1n) is 4.56. The van der Waals surface area contributed by atoms with Crippen LogP contribution in [-0.4, -0.2) is 149 Å². The molecule has 0 bridgehead atoms.